The molecule has 1 aromatic heterocycles. The Morgan fingerprint density at radius 1 is 1.26 bits per heavy atom. The lowest BCUT2D eigenvalue weighted by molar-refractivity contribution is -0.149. The summed E-state index contributed by atoms with van der Waals surface area (Å²) in [4.78, 5) is 26.9. The molecule has 0 bridgehead atoms. The highest BCUT2D eigenvalue weighted by Gasteiger charge is 2.31. The Morgan fingerprint density at radius 3 is 2.67 bits per heavy atom. The monoisotopic (exact) mass is 389 g/mol. The number of piperidine rings is 1. The smallest absolute Gasteiger partial charge is 0.310 e. The maximum atomic E-state index is 13.1. The van der Waals surface area contributed by atoms with Crippen molar-refractivity contribution in [2.75, 3.05) is 19.7 Å². The summed E-state index contributed by atoms with van der Waals surface area (Å²) in [5.74, 6) is -0.553. The number of hydrogen-bond acceptors (Lipinski definition) is 4. The van der Waals surface area contributed by atoms with Gasteiger partial charge in [-0.2, -0.15) is 5.10 Å². The molecule has 1 aliphatic rings. The number of aromatic nitrogens is 2. The van der Waals surface area contributed by atoms with E-state index in [1.54, 1.807) is 34.8 Å². The lowest BCUT2D eigenvalue weighted by Crippen LogP contribution is -2.43. The molecule has 1 amide bonds. The van der Waals surface area contributed by atoms with Gasteiger partial charge in [-0.25, -0.2) is 4.68 Å². The van der Waals surface area contributed by atoms with Crippen molar-refractivity contribution in [1.29, 1.82) is 0 Å². The molecule has 0 unspecified atom stereocenters. The minimum absolute atomic E-state index is 0.0824. The molecule has 3 rings (SSSR count). The largest absolute Gasteiger partial charge is 0.466 e. The van der Waals surface area contributed by atoms with Crippen molar-refractivity contribution >= 4 is 23.5 Å². The molecule has 0 aliphatic carbocycles. The standard InChI is InChI=1S/C20H24ClN3O3/c1-3-18-17(12-22-24(18)16-9-7-15(21)8-10-16)19(25)23-11-5-6-14(13-23)20(26)27-4-2/h7-10,12,14H,3-6,11,13H2,1-2H3/t14-/m1/s1. The van der Waals surface area contributed by atoms with Crippen LogP contribution in [0.25, 0.3) is 5.69 Å². The van der Waals surface area contributed by atoms with Gasteiger partial charge in [0.25, 0.3) is 5.91 Å². The predicted octanol–water partition coefficient (Wildman–Crippen LogP) is 3.50. The number of benzene rings is 1. The summed E-state index contributed by atoms with van der Waals surface area (Å²) in [7, 11) is 0. The van der Waals surface area contributed by atoms with Gasteiger partial charge < -0.3 is 9.64 Å². The lowest BCUT2D eigenvalue weighted by Gasteiger charge is -2.31. The first-order valence-electron chi connectivity index (χ1n) is 9.33. The van der Waals surface area contributed by atoms with E-state index in [2.05, 4.69) is 5.10 Å². The van der Waals surface area contributed by atoms with Crippen molar-refractivity contribution in [3.05, 3.63) is 46.7 Å². The molecule has 0 saturated carbocycles. The van der Waals surface area contributed by atoms with Crippen molar-refractivity contribution in [2.24, 2.45) is 5.92 Å². The third-order valence-electron chi connectivity index (χ3n) is 4.83. The molecule has 0 spiro atoms. The highest BCUT2D eigenvalue weighted by Crippen LogP contribution is 2.23. The molecule has 7 heteroatoms. The first kappa shape index (κ1) is 19.4. The number of carbonyl (C=O) groups excluding carboxylic acids is 2. The van der Waals surface area contributed by atoms with Gasteiger partial charge in [0.15, 0.2) is 0 Å². The van der Waals surface area contributed by atoms with E-state index >= 15 is 0 Å². The van der Waals surface area contributed by atoms with Crippen molar-refractivity contribution in [3.8, 4) is 5.69 Å². The van der Waals surface area contributed by atoms with Crippen molar-refractivity contribution in [1.82, 2.24) is 14.7 Å². The van der Waals surface area contributed by atoms with Gasteiger partial charge in [-0.15, -0.1) is 0 Å². The van der Waals surface area contributed by atoms with E-state index in [0.29, 0.717) is 36.7 Å². The van der Waals surface area contributed by atoms with Crippen LogP contribution in [-0.4, -0.2) is 46.3 Å². The third kappa shape index (κ3) is 4.16. The molecular formula is C20H24ClN3O3. The highest BCUT2D eigenvalue weighted by atomic mass is 35.5. The molecule has 1 atom stereocenters. The fourth-order valence-corrected chi connectivity index (χ4v) is 3.61. The quantitative estimate of drug-likeness (QED) is 0.734. The number of esters is 1. The summed E-state index contributed by atoms with van der Waals surface area (Å²) in [6, 6.07) is 7.35. The van der Waals surface area contributed by atoms with Crippen LogP contribution >= 0.6 is 11.6 Å². The second-order valence-corrected chi connectivity index (χ2v) is 7.03. The van der Waals surface area contributed by atoms with Crippen molar-refractivity contribution in [2.45, 2.75) is 33.1 Å². The third-order valence-corrected chi connectivity index (χ3v) is 5.09. The number of hydrogen-bond donors (Lipinski definition) is 0. The molecule has 0 radical (unpaired) electrons. The minimum atomic E-state index is -0.251. The maximum absolute atomic E-state index is 13.1. The number of amides is 1. The molecule has 0 N–H and O–H groups in total. The zero-order valence-electron chi connectivity index (χ0n) is 15.7. The van der Waals surface area contributed by atoms with E-state index in [9.17, 15) is 9.59 Å². The lowest BCUT2D eigenvalue weighted by atomic mass is 9.97. The average Bonchev–Trinajstić information content (AvgIpc) is 3.12. The van der Waals surface area contributed by atoms with Crippen molar-refractivity contribution < 1.29 is 14.3 Å². The number of nitrogens with zero attached hydrogens (tertiary/aromatic N) is 3. The topological polar surface area (TPSA) is 64.4 Å². The fourth-order valence-electron chi connectivity index (χ4n) is 3.48. The summed E-state index contributed by atoms with van der Waals surface area (Å²) in [6.07, 6.45) is 3.83. The second kappa shape index (κ2) is 8.57. The summed E-state index contributed by atoms with van der Waals surface area (Å²) >= 11 is 5.96. The van der Waals surface area contributed by atoms with Crippen LogP contribution in [-0.2, 0) is 16.0 Å². The first-order chi connectivity index (χ1) is 13.0. The predicted molar refractivity (Wildman–Crippen MR) is 103 cm³/mol. The normalized spacial score (nSPS) is 17.0. The molecule has 1 fully saturated rings. The van der Waals surface area contributed by atoms with Gasteiger partial charge in [0.05, 0.1) is 35.7 Å². The van der Waals surface area contributed by atoms with Gasteiger partial charge in [-0.3, -0.25) is 9.59 Å². The van der Waals surface area contributed by atoms with E-state index in [1.807, 2.05) is 19.1 Å². The van der Waals surface area contributed by atoms with Crippen LogP contribution in [0, 0.1) is 5.92 Å². The van der Waals surface area contributed by atoms with Gasteiger partial charge in [0, 0.05) is 18.1 Å². The van der Waals surface area contributed by atoms with Crippen LogP contribution in [0.1, 0.15) is 42.7 Å². The summed E-state index contributed by atoms with van der Waals surface area (Å²) < 4.78 is 6.90. The van der Waals surface area contributed by atoms with Gasteiger partial charge in [-0.1, -0.05) is 18.5 Å². The minimum Gasteiger partial charge on any atom is -0.466 e. The van der Waals surface area contributed by atoms with E-state index in [1.165, 1.54) is 0 Å². The summed E-state index contributed by atoms with van der Waals surface area (Å²) in [5.41, 5.74) is 2.29. The molecule has 6 nitrogen and oxygen atoms in total. The Balaban J connectivity index is 1.82. The average molecular weight is 390 g/mol. The number of rotatable bonds is 5. The zero-order valence-corrected chi connectivity index (χ0v) is 16.4. The first-order valence-corrected chi connectivity index (χ1v) is 9.71. The zero-order chi connectivity index (χ0) is 19.4. The Bertz CT molecular complexity index is 816. The number of carbonyl (C=O) groups is 2. The van der Waals surface area contributed by atoms with Crippen LogP contribution in [0.3, 0.4) is 0 Å². The Kier molecular flexibility index (Phi) is 6.16. The number of likely N-dealkylation sites (tertiary alicyclic amines) is 1. The molecule has 144 valence electrons. The number of halogens is 1. The second-order valence-electron chi connectivity index (χ2n) is 6.59. The summed E-state index contributed by atoms with van der Waals surface area (Å²) in [5, 5.41) is 5.07. The Hall–Kier alpha value is -2.34. The van der Waals surface area contributed by atoms with Crippen LogP contribution in [0.5, 0.6) is 0 Å². The van der Waals surface area contributed by atoms with Crippen LogP contribution < -0.4 is 0 Å². The molecule has 1 aliphatic heterocycles. The fraction of sp³-hybridized carbons (Fsp3) is 0.450. The molecule has 2 aromatic rings. The van der Waals surface area contributed by atoms with E-state index in [4.69, 9.17) is 16.3 Å². The van der Waals surface area contributed by atoms with Crippen molar-refractivity contribution in [3.63, 3.8) is 0 Å². The van der Waals surface area contributed by atoms with Crippen LogP contribution in [0.2, 0.25) is 5.02 Å². The maximum Gasteiger partial charge on any atom is 0.310 e. The highest BCUT2D eigenvalue weighted by molar-refractivity contribution is 6.30. The van der Waals surface area contributed by atoms with Gasteiger partial charge >= 0.3 is 5.97 Å². The Labute approximate surface area is 164 Å². The van der Waals surface area contributed by atoms with Crippen LogP contribution in [0.4, 0.5) is 0 Å². The summed E-state index contributed by atoms with van der Waals surface area (Å²) in [6.45, 7) is 5.19. The molecule has 2 heterocycles. The Morgan fingerprint density at radius 2 is 2.00 bits per heavy atom. The van der Waals surface area contributed by atoms with E-state index < -0.39 is 0 Å². The molecule has 1 saturated heterocycles. The van der Waals surface area contributed by atoms with Gasteiger partial charge in [-0.05, 0) is 50.5 Å². The molecule has 27 heavy (non-hydrogen) atoms. The van der Waals surface area contributed by atoms with Gasteiger partial charge in [0.1, 0.15) is 0 Å². The molecular weight excluding hydrogens is 366 g/mol. The SMILES string of the molecule is CCOC(=O)[C@@H]1CCCN(C(=O)c2cnn(-c3ccc(Cl)cc3)c2CC)C1. The van der Waals surface area contributed by atoms with E-state index in [0.717, 1.165) is 24.2 Å². The van der Waals surface area contributed by atoms with Gasteiger partial charge in [0.2, 0.25) is 0 Å². The number of ether oxygens (including phenoxy) is 1. The van der Waals surface area contributed by atoms with E-state index in [-0.39, 0.29) is 17.8 Å². The molecule has 1 aromatic carbocycles. The van der Waals surface area contributed by atoms with Crippen LogP contribution in [0.15, 0.2) is 30.5 Å².